The molecule has 8 heteroatoms. The second-order valence-electron chi connectivity index (χ2n) is 5.29. The first-order valence-corrected chi connectivity index (χ1v) is 8.94. The van der Waals surface area contributed by atoms with Gasteiger partial charge in [-0.3, -0.25) is 4.98 Å². The molecule has 0 radical (unpaired) electrons. The predicted molar refractivity (Wildman–Crippen MR) is 103 cm³/mol. The van der Waals surface area contributed by atoms with Gasteiger partial charge in [-0.05, 0) is 25.1 Å². The highest BCUT2D eigenvalue weighted by molar-refractivity contribution is 7.22. The molecular weight excluding hydrogens is 377 g/mol. The van der Waals surface area contributed by atoms with Crippen LogP contribution in [0.5, 0.6) is 0 Å². The molecule has 0 unspecified atom stereocenters. The largest absolute Gasteiger partial charge is 0.322 e. The lowest BCUT2D eigenvalue weighted by Crippen LogP contribution is -1.97. The molecule has 4 rings (SSSR count). The maximum atomic E-state index is 6.31. The molecule has 0 atom stereocenters. The fourth-order valence-electron chi connectivity index (χ4n) is 2.33. The van der Waals surface area contributed by atoms with Gasteiger partial charge in [0, 0.05) is 11.8 Å². The van der Waals surface area contributed by atoms with Gasteiger partial charge in [0.15, 0.2) is 5.82 Å². The Kier molecular flexibility index (Phi) is 4.25. The summed E-state index contributed by atoms with van der Waals surface area (Å²) in [6.45, 7) is 1.89. The first kappa shape index (κ1) is 16.2. The molecule has 3 aromatic heterocycles. The van der Waals surface area contributed by atoms with E-state index in [0.29, 0.717) is 21.7 Å². The van der Waals surface area contributed by atoms with E-state index >= 15 is 0 Å². The van der Waals surface area contributed by atoms with Crippen molar-refractivity contribution in [1.82, 2.24) is 19.9 Å². The van der Waals surface area contributed by atoms with Gasteiger partial charge >= 0.3 is 0 Å². The molecule has 0 aliphatic heterocycles. The van der Waals surface area contributed by atoms with Crippen LogP contribution in [0.25, 0.3) is 20.8 Å². The summed E-state index contributed by atoms with van der Waals surface area (Å²) in [7, 11) is 0. The van der Waals surface area contributed by atoms with Crippen LogP contribution >= 0.6 is 34.5 Å². The molecule has 0 saturated carbocycles. The van der Waals surface area contributed by atoms with Crippen molar-refractivity contribution in [2.45, 2.75) is 6.92 Å². The maximum absolute atomic E-state index is 6.31. The van der Waals surface area contributed by atoms with Crippen molar-refractivity contribution < 1.29 is 0 Å². The van der Waals surface area contributed by atoms with Gasteiger partial charge in [0.25, 0.3) is 0 Å². The van der Waals surface area contributed by atoms with Crippen LogP contribution < -0.4 is 5.32 Å². The van der Waals surface area contributed by atoms with Crippen LogP contribution in [0.15, 0.2) is 42.9 Å². The summed E-state index contributed by atoms with van der Waals surface area (Å²) in [5.74, 6) is 1.29. The zero-order chi connectivity index (χ0) is 17.4. The normalized spacial score (nSPS) is 11.0. The number of nitrogens with one attached hydrogen (secondary N) is 1. The first-order chi connectivity index (χ1) is 12.1. The van der Waals surface area contributed by atoms with Crippen molar-refractivity contribution in [3.63, 3.8) is 0 Å². The van der Waals surface area contributed by atoms with E-state index in [-0.39, 0.29) is 0 Å². The second kappa shape index (κ2) is 6.55. The Morgan fingerprint density at radius 1 is 1.00 bits per heavy atom. The number of hydrogen-bond donors (Lipinski definition) is 1. The van der Waals surface area contributed by atoms with Crippen molar-refractivity contribution in [3.8, 4) is 10.6 Å². The number of hydrogen-bond acceptors (Lipinski definition) is 6. The Balaban J connectivity index is 1.80. The molecule has 0 aliphatic carbocycles. The number of halogens is 2. The highest BCUT2D eigenvalue weighted by atomic mass is 35.5. The Hall–Kier alpha value is -2.28. The van der Waals surface area contributed by atoms with Gasteiger partial charge in [0.05, 0.1) is 38.3 Å². The van der Waals surface area contributed by atoms with Gasteiger partial charge in [-0.2, -0.15) is 0 Å². The van der Waals surface area contributed by atoms with Gasteiger partial charge in [-0.15, -0.1) is 11.3 Å². The summed E-state index contributed by atoms with van der Waals surface area (Å²) >= 11 is 14.1. The van der Waals surface area contributed by atoms with E-state index in [2.05, 4.69) is 25.3 Å². The number of nitrogens with zero attached hydrogens (tertiary/aromatic N) is 4. The summed E-state index contributed by atoms with van der Waals surface area (Å²) in [6, 6.07) is 7.26. The highest BCUT2D eigenvalue weighted by Gasteiger charge is 2.16. The van der Waals surface area contributed by atoms with Crippen molar-refractivity contribution in [3.05, 3.63) is 58.6 Å². The Bertz CT molecular complexity index is 1040. The minimum absolute atomic E-state index is 0.568. The zero-order valence-corrected chi connectivity index (χ0v) is 15.3. The molecule has 0 amide bonds. The minimum Gasteiger partial charge on any atom is -0.322 e. The number of fused-ring (bicyclic) bond motifs is 1. The van der Waals surface area contributed by atoms with Crippen LogP contribution in [-0.4, -0.2) is 19.9 Å². The molecule has 4 aromatic rings. The van der Waals surface area contributed by atoms with Crippen LogP contribution in [0.2, 0.25) is 10.0 Å². The smallest absolute Gasteiger partial charge is 0.151 e. The molecule has 25 heavy (non-hydrogen) atoms. The third-order valence-corrected chi connectivity index (χ3v) is 5.23. The van der Waals surface area contributed by atoms with Crippen LogP contribution in [0.4, 0.5) is 11.6 Å². The molecule has 124 valence electrons. The summed E-state index contributed by atoms with van der Waals surface area (Å²) in [4.78, 5) is 17.6. The van der Waals surface area contributed by atoms with E-state index in [1.807, 2.05) is 19.1 Å². The van der Waals surface area contributed by atoms with E-state index in [4.69, 9.17) is 23.2 Å². The summed E-state index contributed by atoms with van der Waals surface area (Å²) < 4.78 is 0.899. The fourth-order valence-corrected chi connectivity index (χ4v) is 4.10. The van der Waals surface area contributed by atoms with Gasteiger partial charge in [0.2, 0.25) is 0 Å². The van der Waals surface area contributed by atoms with E-state index in [1.165, 1.54) is 11.3 Å². The molecule has 0 aliphatic rings. The SMILES string of the molecule is Cc1cnc(Nc2nccc3nc(-c4c(Cl)cccc4Cl)sc23)cn1. The quantitative estimate of drug-likeness (QED) is 0.502. The average Bonchev–Trinajstić information content (AvgIpc) is 3.01. The lowest BCUT2D eigenvalue weighted by atomic mass is 10.2. The highest BCUT2D eigenvalue weighted by Crippen LogP contribution is 2.40. The zero-order valence-electron chi connectivity index (χ0n) is 13.0. The Morgan fingerprint density at radius 3 is 2.52 bits per heavy atom. The standard InChI is InChI=1S/C17H11Cl2N5S/c1-9-7-22-13(8-21-9)24-16-15-12(5-6-20-16)23-17(25-15)14-10(18)3-2-4-11(14)19/h2-8H,1H3,(H,20,22,24). The molecular formula is C17H11Cl2N5S. The number of aromatic nitrogens is 4. The van der Waals surface area contributed by atoms with Crippen molar-refractivity contribution >= 4 is 56.4 Å². The van der Waals surface area contributed by atoms with Crippen molar-refractivity contribution in [1.29, 1.82) is 0 Å². The number of pyridine rings is 1. The van der Waals surface area contributed by atoms with Gasteiger partial charge in [-0.25, -0.2) is 15.0 Å². The number of benzene rings is 1. The van der Waals surface area contributed by atoms with E-state index < -0.39 is 0 Å². The summed E-state index contributed by atoms with van der Waals surface area (Å²) in [5.41, 5.74) is 2.40. The second-order valence-corrected chi connectivity index (χ2v) is 7.10. The lowest BCUT2D eigenvalue weighted by Gasteiger charge is -2.04. The van der Waals surface area contributed by atoms with Crippen LogP contribution in [-0.2, 0) is 0 Å². The third-order valence-electron chi connectivity index (χ3n) is 3.51. The first-order valence-electron chi connectivity index (χ1n) is 7.37. The third kappa shape index (κ3) is 3.16. The molecule has 1 aromatic carbocycles. The Labute approximate surface area is 157 Å². The molecule has 5 nitrogen and oxygen atoms in total. The Morgan fingerprint density at radius 2 is 1.80 bits per heavy atom. The fraction of sp³-hybridized carbons (Fsp3) is 0.0588. The van der Waals surface area contributed by atoms with E-state index in [9.17, 15) is 0 Å². The van der Waals surface area contributed by atoms with Crippen LogP contribution in [0.1, 0.15) is 5.69 Å². The van der Waals surface area contributed by atoms with E-state index in [0.717, 1.165) is 26.5 Å². The molecule has 0 fully saturated rings. The molecule has 1 N–H and O–H groups in total. The molecule has 3 heterocycles. The van der Waals surface area contributed by atoms with Crippen molar-refractivity contribution in [2.24, 2.45) is 0 Å². The summed E-state index contributed by atoms with van der Waals surface area (Å²) in [5, 5.41) is 5.07. The minimum atomic E-state index is 0.568. The van der Waals surface area contributed by atoms with Gasteiger partial charge in [0.1, 0.15) is 10.8 Å². The lowest BCUT2D eigenvalue weighted by molar-refractivity contribution is 1.11. The van der Waals surface area contributed by atoms with Gasteiger partial charge < -0.3 is 5.32 Å². The number of anilines is 2. The van der Waals surface area contributed by atoms with Crippen LogP contribution in [0, 0.1) is 6.92 Å². The average molecular weight is 388 g/mol. The molecule has 0 saturated heterocycles. The molecule has 0 spiro atoms. The number of rotatable bonds is 3. The van der Waals surface area contributed by atoms with Crippen LogP contribution in [0.3, 0.4) is 0 Å². The summed E-state index contributed by atoms with van der Waals surface area (Å²) in [6.07, 6.45) is 5.07. The molecule has 0 bridgehead atoms. The van der Waals surface area contributed by atoms with Gasteiger partial charge in [-0.1, -0.05) is 29.3 Å². The topological polar surface area (TPSA) is 63.6 Å². The predicted octanol–water partition coefficient (Wildman–Crippen LogP) is 5.51. The monoisotopic (exact) mass is 387 g/mol. The number of thiazole rings is 1. The van der Waals surface area contributed by atoms with Crippen molar-refractivity contribution in [2.75, 3.05) is 5.32 Å². The number of aryl methyl sites for hydroxylation is 1. The van der Waals surface area contributed by atoms with E-state index in [1.54, 1.807) is 30.7 Å². The maximum Gasteiger partial charge on any atom is 0.151 e.